The fourth-order valence-electron chi connectivity index (χ4n) is 3.92. The van der Waals surface area contributed by atoms with E-state index < -0.39 is 0 Å². The van der Waals surface area contributed by atoms with Gasteiger partial charge in [0.2, 0.25) is 0 Å². The quantitative estimate of drug-likeness (QED) is 0.835. The molecule has 2 aliphatic carbocycles. The molecule has 0 atom stereocenters. The van der Waals surface area contributed by atoms with Crippen LogP contribution in [0.4, 0.5) is 0 Å². The third kappa shape index (κ3) is 4.62. The van der Waals surface area contributed by atoms with Gasteiger partial charge in [-0.15, -0.1) is 0 Å². The van der Waals surface area contributed by atoms with Gasteiger partial charge in [0, 0.05) is 17.8 Å². The lowest BCUT2D eigenvalue weighted by Gasteiger charge is -2.37. The molecule has 0 aliphatic heterocycles. The number of hydrogen-bond acceptors (Lipinski definition) is 5. The van der Waals surface area contributed by atoms with Gasteiger partial charge < -0.3 is 4.57 Å². The second kappa shape index (κ2) is 9.87. The second-order valence-electron chi connectivity index (χ2n) is 6.86. The molecule has 136 valence electrons. The molecule has 0 aromatic carbocycles. The van der Waals surface area contributed by atoms with E-state index in [1.54, 1.807) is 0 Å². The average Bonchev–Trinajstić information content (AvgIpc) is 3.16. The Kier molecular flexibility index (Phi) is 8.20. The first kappa shape index (κ1) is 20.8. The van der Waals surface area contributed by atoms with Gasteiger partial charge in [0.15, 0.2) is 5.78 Å². The molecule has 0 saturated heterocycles. The van der Waals surface area contributed by atoms with Crippen LogP contribution in [0.3, 0.4) is 0 Å². The van der Waals surface area contributed by atoms with E-state index in [-0.39, 0.29) is 23.8 Å². The fourth-order valence-corrected chi connectivity index (χ4v) is 3.92. The molecule has 2 fully saturated rings. The van der Waals surface area contributed by atoms with Gasteiger partial charge in [0.25, 0.3) is 0 Å². The summed E-state index contributed by atoms with van der Waals surface area (Å²) in [5.41, 5.74) is 1.20. The number of hydrogen-bond donors (Lipinski definition) is 0. The molecule has 1 aromatic rings. The molecule has 0 radical (unpaired) electrons. The van der Waals surface area contributed by atoms with Crippen molar-refractivity contribution >= 4 is 18.1 Å². The van der Waals surface area contributed by atoms with E-state index in [4.69, 9.17) is 19.2 Å². The fraction of sp³-hybridized carbons (Fsp3) is 0.632. The Labute approximate surface area is 147 Å². The topological polar surface area (TPSA) is 90.3 Å². The molecule has 25 heavy (non-hydrogen) atoms. The highest BCUT2D eigenvalue weighted by Crippen LogP contribution is 2.44. The Hall–Kier alpha value is -2.29. The lowest BCUT2D eigenvalue weighted by molar-refractivity contribution is -0.193. The monoisotopic (exact) mass is 347 g/mol. The van der Waals surface area contributed by atoms with Gasteiger partial charge in [-0.1, -0.05) is 33.1 Å². The Morgan fingerprint density at radius 2 is 1.60 bits per heavy atom. The number of rotatable bonds is 4. The van der Waals surface area contributed by atoms with Gasteiger partial charge in [-0.2, -0.15) is 19.2 Å². The van der Waals surface area contributed by atoms with Crippen LogP contribution in [0.5, 0.6) is 0 Å². The van der Waals surface area contributed by atoms with E-state index in [0.29, 0.717) is 11.7 Å². The van der Waals surface area contributed by atoms with Crippen molar-refractivity contribution in [3.8, 4) is 0 Å². The molecular weight excluding hydrogens is 322 g/mol. The van der Waals surface area contributed by atoms with Crippen molar-refractivity contribution < 1.29 is 24.0 Å². The zero-order chi connectivity index (χ0) is 18.9. The average molecular weight is 347 g/mol. The largest absolute Gasteiger partial charge is 0.373 e. The van der Waals surface area contributed by atoms with Gasteiger partial charge >= 0.3 is 12.3 Å². The highest BCUT2D eigenvalue weighted by atomic mass is 16.2. The number of aromatic nitrogens is 1. The van der Waals surface area contributed by atoms with Crippen LogP contribution in [-0.4, -0.2) is 22.7 Å². The Morgan fingerprint density at radius 1 is 1.08 bits per heavy atom. The van der Waals surface area contributed by atoms with E-state index in [1.807, 2.05) is 0 Å². The van der Waals surface area contributed by atoms with Crippen molar-refractivity contribution in [2.24, 2.45) is 5.92 Å². The SMILES string of the molecule is CC(C)C(=O)C1(n2cccc2C2CCC2)CCCC1.O=C=O.O=C=O. The minimum atomic E-state index is -0.220. The summed E-state index contributed by atoms with van der Waals surface area (Å²) in [5, 5.41) is 0. The number of ketones is 1. The lowest BCUT2D eigenvalue weighted by atomic mass is 9.80. The summed E-state index contributed by atoms with van der Waals surface area (Å²) >= 11 is 0. The number of carbonyl (C=O) groups is 1. The van der Waals surface area contributed by atoms with E-state index >= 15 is 0 Å². The standard InChI is InChI=1S/C17H25NO.2CO2/c1-13(2)16(19)17(10-3-4-11-17)18-12-6-9-15(18)14-7-5-8-14;2*2-1-3/h6,9,12-14H,3-5,7-8,10-11H2,1-2H3;;. The van der Waals surface area contributed by atoms with Crippen molar-refractivity contribution in [3.63, 3.8) is 0 Å². The van der Waals surface area contributed by atoms with Gasteiger partial charge in [-0.25, -0.2) is 0 Å². The first-order valence-electron chi connectivity index (χ1n) is 8.69. The first-order valence-corrected chi connectivity index (χ1v) is 8.69. The summed E-state index contributed by atoms with van der Waals surface area (Å²) in [5.74, 6) is 1.28. The highest BCUT2D eigenvalue weighted by Gasteiger charge is 2.44. The van der Waals surface area contributed by atoms with Crippen molar-refractivity contribution in [2.45, 2.75) is 70.3 Å². The molecule has 2 aliphatic rings. The summed E-state index contributed by atoms with van der Waals surface area (Å²) < 4.78 is 2.37. The molecule has 6 nitrogen and oxygen atoms in total. The van der Waals surface area contributed by atoms with Gasteiger partial charge in [0.1, 0.15) is 5.54 Å². The zero-order valence-corrected chi connectivity index (χ0v) is 14.8. The molecular formula is C19H25NO5. The Bertz CT molecular complexity index is 612. The summed E-state index contributed by atoms with van der Waals surface area (Å²) in [6.45, 7) is 4.10. The highest BCUT2D eigenvalue weighted by molar-refractivity contribution is 5.88. The van der Waals surface area contributed by atoms with E-state index in [9.17, 15) is 4.79 Å². The molecule has 0 bridgehead atoms. The third-order valence-electron chi connectivity index (χ3n) is 5.18. The maximum atomic E-state index is 12.8. The van der Waals surface area contributed by atoms with Crippen LogP contribution in [0.15, 0.2) is 18.3 Å². The Balaban J connectivity index is 0.000000460. The number of nitrogens with zero attached hydrogens (tertiary/aromatic N) is 1. The van der Waals surface area contributed by atoms with E-state index in [2.05, 4.69) is 36.7 Å². The summed E-state index contributed by atoms with van der Waals surface area (Å²) in [6.07, 6.45) is 11.1. The van der Waals surface area contributed by atoms with Crippen molar-refractivity contribution in [1.29, 1.82) is 0 Å². The molecule has 0 N–H and O–H groups in total. The molecule has 3 rings (SSSR count). The zero-order valence-electron chi connectivity index (χ0n) is 14.8. The maximum Gasteiger partial charge on any atom is 0.373 e. The second-order valence-corrected chi connectivity index (χ2v) is 6.86. The minimum absolute atomic E-state index is 0.134. The lowest BCUT2D eigenvalue weighted by Crippen LogP contribution is -2.43. The van der Waals surface area contributed by atoms with Crippen LogP contribution in [-0.2, 0) is 29.5 Å². The van der Waals surface area contributed by atoms with E-state index in [0.717, 1.165) is 12.8 Å². The van der Waals surface area contributed by atoms with Crippen molar-refractivity contribution in [1.82, 2.24) is 4.57 Å². The summed E-state index contributed by atoms with van der Waals surface area (Å²) in [7, 11) is 0. The third-order valence-corrected chi connectivity index (χ3v) is 5.18. The van der Waals surface area contributed by atoms with Crippen LogP contribution >= 0.6 is 0 Å². The van der Waals surface area contributed by atoms with Gasteiger partial charge in [0.05, 0.1) is 0 Å². The van der Waals surface area contributed by atoms with Gasteiger partial charge in [-0.3, -0.25) is 4.79 Å². The Morgan fingerprint density at radius 3 is 2.00 bits per heavy atom. The molecule has 0 amide bonds. The van der Waals surface area contributed by atoms with Gasteiger partial charge in [-0.05, 0) is 43.7 Å². The first-order chi connectivity index (χ1) is 12.0. The molecule has 0 spiro atoms. The number of Topliss-reactive ketones (excluding diaryl/α,β-unsaturated/α-hetero) is 1. The number of carbonyl (C=O) groups excluding carboxylic acids is 5. The van der Waals surface area contributed by atoms with Crippen LogP contribution in [0, 0.1) is 5.92 Å². The smallest absolute Gasteiger partial charge is 0.338 e. The maximum absolute atomic E-state index is 12.8. The summed E-state index contributed by atoms with van der Waals surface area (Å²) in [6, 6.07) is 4.39. The predicted octanol–water partition coefficient (Wildman–Crippen LogP) is 3.08. The molecule has 0 unspecified atom stereocenters. The van der Waals surface area contributed by atoms with Crippen LogP contribution < -0.4 is 0 Å². The molecule has 2 saturated carbocycles. The molecule has 1 aromatic heterocycles. The molecule has 1 heterocycles. The normalized spacial score (nSPS) is 17.9. The molecule has 6 heteroatoms. The van der Waals surface area contributed by atoms with Crippen LogP contribution in [0.2, 0.25) is 0 Å². The van der Waals surface area contributed by atoms with Crippen LogP contribution in [0.1, 0.15) is 70.4 Å². The van der Waals surface area contributed by atoms with Crippen molar-refractivity contribution in [2.75, 3.05) is 0 Å². The van der Waals surface area contributed by atoms with E-state index in [1.165, 1.54) is 37.8 Å². The predicted molar refractivity (Wildman–Crippen MR) is 87.3 cm³/mol. The van der Waals surface area contributed by atoms with Crippen LogP contribution in [0.25, 0.3) is 0 Å². The summed E-state index contributed by atoms with van der Waals surface area (Å²) in [4.78, 5) is 45.3. The van der Waals surface area contributed by atoms with Crippen molar-refractivity contribution in [3.05, 3.63) is 24.0 Å². The minimum Gasteiger partial charge on any atom is -0.338 e.